The van der Waals surface area contributed by atoms with Gasteiger partial charge in [0.25, 0.3) is 0 Å². The highest BCUT2D eigenvalue weighted by atomic mass is 19.2. The van der Waals surface area contributed by atoms with E-state index in [4.69, 9.17) is 9.47 Å². The van der Waals surface area contributed by atoms with E-state index < -0.39 is 17.7 Å². The van der Waals surface area contributed by atoms with Crippen LogP contribution in [-0.2, 0) is 9.47 Å². The molecular weight excluding hydrogens is 230 g/mol. The quantitative estimate of drug-likeness (QED) is 0.748. The Kier molecular flexibility index (Phi) is 6.04. The normalized spacial score (nSPS) is 12.7. The van der Waals surface area contributed by atoms with Crippen LogP contribution in [0.3, 0.4) is 0 Å². The SMILES string of the molecule is COCCCOCC(O)c1cccc(F)c1F. The van der Waals surface area contributed by atoms with Gasteiger partial charge in [-0.1, -0.05) is 12.1 Å². The molecule has 0 heterocycles. The molecule has 1 rings (SSSR count). The molecular formula is C12H16F2O3. The van der Waals surface area contributed by atoms with Gasteiger partial charge in [-0.25, -0.2) is 8.78 Å². The standard InChI is InChI=1S/C12H16F2O3/c1-16-6-3-7-17-8-11(15)9-4-2-5-10(13)12(9)14/h2,4-5,11,15H,3,6-8H2,1H3. The van der Waals surface area contributed by atoms with E-state index in [9.17, 15) is 13.9 Å². The fourth-order valence-electron chi connectivity index (χ4n) is 1.37. The molecule has 0 amide bonds. The van der Waals surface area contributed by atoms with Crippen molar-refractivity contribution in [3.8, 4) is 0 Å². The predicted molar refractivity (Wildman–Crippen MR) is 58.6 cm³/mol. The maximum absolute atomic E-state index is 13.3. The number of rotatable bonds is 7. The number of ether oxygens (including phenoxy) is 2. The maximum Gasteiger partial charge on any atom is 0.164 e. The Hall–Kier alpha value is -1.04. The van der Waals surface area contributed by atoms with Gasteiger partial charge >= 0.3 is 0 Å². The van der Waals surface area contributed by atoms with Crippen LogP contribution in [0, 0.1) is 11.6 Å². The highest BCUT2D eigenvalue weighted by Gasteiger charge is 2.15. The first-order valence-corrected chi connectivity index (χ1v) is 5.35. The summed E-state index contributed by atoms with van der Waals surface area (Å²) in [6.07, 6.45) is -0.470. The van der Waals surface area contributed by atoms with Gasteiger partial charge in [0, 0.05) is 25.9 Å². The molecule has 0 saturated heterocycles. The molecule has 0 aliphatic rings. The minimum absolute atomic E-state index is 0.0654. The zero-order valence-electron chi connectivity index (χ0n) is 9.66. The van der Waals surface area contributed by atoms with Crippen molar-refractivity contribution in [2.24, 2.45) is 0 Å². The zero-order valence-corrected chi connectivity index (χ0v) is 9.66. The van der Waals surface area contributed by atoms with Crippen molar-refractivity contribution >= 4 is 0 Å². The molecule has 0 spiro atoms. The molecule has 1 aromatic rings. The molecule has 1 unspecified atom stereocenters. The van der Waals surface area contributed by atoms with Gasteiger partial charge < -0.3 is 14.6 Å². The van der Waals surface area contributed by atoms with Gasteiger partial charge in [0.05, 0.1) is 6.61 Å². The fourth-order valence-corrected chi connectivity index (χ4v) is 1.37. The van der Waals surface area contributed by atoms with Gasteiger partial charge in [0.1, 0.15) is 6.10 Å². The molecule has 0 bridgehead atoms. The number of methoxy groups -OCH3 is 1. The Morgan fingerprint density at radius 1 is 1.29 bits per heavy atom. The number of halogens is 2. The van der Waals surface area contributed by atoms with E-state index in [2.05, 4.69) is 0 Å². The second kappa shape index (κ2) is 7.32. The van der Waals surface area contributed by atoms with Gasteiger partial charge in [-0.05, 0) is 12.5 Å². The summed E-state index contributed by atoms with van der Waals surface area (Å²) in [7, 11) is 1.58. The topological polar surface area (TPSA) is 38.7 Å². The molecule has 0 aliphatic carbocycles. The summed E-state index contributed by atoms with van der Waals surface area (Å²) in [5.74, 6) is -2.00. The Labute approximate surface area is 99.0 Å². The molecule has 0 saturated carbocycles. The van der Waals surface area contributed by atoms with Gasteiger partial charge in [-0.3, -0.25) is 0 Å². The van der Waals surface area contributed by atoms with Crippen molar-refractivity contribution in [3.63, 3.8) is 0 Å². The minimum atomic E-state index is -1.16. The summed E-state index contributed by atoms with van der Waals surface area (Å²) < 4.78 is 36.1. The second-order valence-electron chi connectivity index (χ2n) is 3.58. The fraction of sp³-hybridized carbons (Fsp3) is 0.500. The van der Waals surface area contributed by atoms with E-state index in [-0.39, 0.29) is 12.2 Å². The van der Waals surface area contributed by atoms with Crippen LogP contribution in [0.25, 0.3) is 0 Å². The lowest BCUT2D eigenvalue weighted by Crippen LogP contribution is -2.11. The lowest BCUT2D eigenvalue weighted by molar-refractivity contribution is 0.0261. The van der Waals surface area contributed by atoms with Crippen LogP contribution in [0.5, 0.6) is 0 Å². The molecule has 5 heteroatoms. The molecule has 1 N–H and O–H groups in total. The van der Waals surface area contributed by atoms with Crippen molar-refractivity contribution in [1.29, 1.82) is 0 Å². The highest BCUT2D eigenvalue weighted by molar-refractivity contribution is 5.21. The van der Waals surface area contributed by atoms with Crippen LogP contribution in [0.1, 0.15) is 18.1 Å². The van der Waals surface area contributed by atoms with E-state index in [1.54, 1.807) is 7.11 Å². The van der Waals surface area contributed by atoms with E-state index >= 15 is 0 Å². The van der Waals surface area contributed by atoms with Gasteiger partial charge in [-0.2, -0.15) is 0 Å². The average molecular weight is 246 g/mol. The molecule has 1 aromatic carbocycles. The Bertz CT molecular complexity index is 345. The Morgan fingerprint density at radius 2 is 2.06 bits per heavy atom. The van der Waals surface area contributed by atoms with Gasteiger partial charge in [0.2, 0.25) is 0 Å². The molecule has 17 heavy (non-hydrogen) atoms. The van der Waals surface area contributed by atoms with Crippen LogP contribution in [0.4, 0.5) is 8.78 Å². The van der Waals surface area contributed by atoms with E-state index in [0.29, 0.717) is 19.6 Å². The monoisotopic (exact) mass is 246 g/mol. The van der Waals surface area contributed by atoms with Crippen LogP contribution in [-0.4, -0.2) is 32.0 Å². The zero-order chi connectivity index (χ0) is 12.7. The molecule has 0 aliphatic heterocycles. The summed E-state index contributed by atoms with van der Waals surface area (Å²) in [6, 6.07) is 3.69. The number of hydrogen-bond donors (Lipinski definition) is 1. The largest absolute Gasteiger partial charge is 0.386 e. The molecule has 96 valence electrons. The summed E-state index contributed by atoms with van der Waals surface area (Å²) in [6.45, 7) is 0.899. The van der Waals surface area contributed by atoms with E-state index in [1.807, 2.05) is 0 Å². The summed E-state index contributed by atoms with van der Waals surface area (Å²) >= 11 is 0. The second-order valence-corrected chi connectivity index (χ2v) is 3.58. The number of aliphatic hydroxyl groups is 1. The molecule has 1 atom stereocenters. The van der Waals surface area contributed by atoms with Gasteiger partial charge in [0.15, 0.2) is 11.6 Å². The number of benzene rings is 1. The molecule has 0 aromatic heterocycles. The predicted octanol–water partition coefficient (Wildman–Crippen LogP) is 2.05. The maximum atomic E-state index is 13.3. The van der Waals surface area contributed by atoms with E-state index in [1.165, 1.54) is 12.1 Å². The first-order chi connectivity index (χ1) is 8.16. The smallest absolute Gasteiger partial charge is 0.164 e. The molecule has 0 radical (unpaired) electrons. The third-order valence-corrected chi connectivity index (χ3v) is 2.25. The summed E-state index contributed by atoms with van der Waals surface area (Å²) in [5, 5.41) is 9.62. The lowest BCUT2D eigenvalue weighted by atomic mass is 10.1. The Balaban J connectivity index is 2.41. The van der Waals surface area contributed by atoms with Crippen molar-refractivity contribution in [2.45, 2.75) is 12.5 Å². The van der Waals surface area contributed by atoms with Gasteiger partial charge in [-0.15, -0.1) is 0 Å². The number of hydrogen-bond acceptors (Lipinski definition) is 3. The van der Waals surface area contributed by atoms with Crippen LogP contribution >= 0.6 is 0 Å². The third-order valence-electron chi connectivity index (χ3n) is 2.25. The first-order valence-electron chi connectivity index (χ1n) is 5.35. The van der Waals surface area contributed by atoms with Crippen molar-refractivity contribution in [2.75, 3.05) is 26.9 Å². The Morgan fingerprint density at radius 3 is 2.76 bits per heavy atom. The molecule has 0 fully saturated rings. The lowest BCUT2D eigenvalue weighted by Gasteiger charge is -2.12. The van der Waals surface area contributed by atoms with Crippen molar-refractivity contribution < 1.29 is 23.4 Å². The van der Waals surface area contributed by atoms with Crippen molar-refractivity contribution in [3.05, 3.63) is 35.4 Å². The average Bonchev–Trinajstić information content (AvgIpc) is 2.32. The van der Waals surface area contributed by atoms with Crippen molar-refractivity contribution in [1.82, 2.24) is 0 Å². The number of aliphatic hydroxyl groups excluding tert-OH is 1. The minimum Gasteiger partial charge on any atom is -0.386 e. The first kappa shape index (κ1) is 14.0. The third kappa shape index (κ3) is 4.38. The van der Waals surface area contributed by atoms with E-state index in [0.717, 1.165) is 6.07 Å². The summed E-state index contributed by atoms with van der Waals surface area (Å²) in [5.41, 5.74) is -0.0864. The highest BCUT2D eigenvalue weighted by Crippen LogP contribution is 2.19. The van der Waals surface area contributed by atoms with Crippen LogP contribution in [0.15, 0.2) is 18.2 Å². The summed E-state index contributed by atoms with van der Waals surface area (Å²) in [4.78, 5) is 0. The van der Waals surface area contributed by atoms with Crippen LogP contribution < -0.4 is 0 Å². The van der Waals surface area contributed by atoms with Crippen LogP contribution in [0.2, 0.25) is 0 Å². The molecule has 3 nitrogen and oxygen atoms in total.